The number of H-pyrrole nitrogens is 1. The lowest BCUT2D eigenvalue weighted by molar-refractivity contribution is 0.232. The summed E-state index contributed by atoms with van der Waals surface area (Å²) in [5, 5.41) is 3.34. The molecular formula is C31H36N6O4S. The molecule has 10 nitrogen and oxygen atoms in total. The monoisotopic (exact) mass is 588 g/mol. The molecule has 5 heterocycles. The number of sulfone groups is 1. The summed E-state index contributed by atoms with van der Waals surface area (Å²) in [6.45, 7) is 3.78. The highest BCUT2D eigenvalue weighted by Crippen LogP contribution is 2.38. The quantitative estimate of drug-likeness (QED) is 0.270. The molecule has 0 amide bonds. The highest BCUT2D eigenvalue weighted by atomic mass is 32.2. The summed E-state index contributed by atoms with van der Waals surface area (Å²) in [4.78, 5) is 15.3. The van der Waals surface area contributed by atoms with Crippen molar-refractivity contribution < 1.29 is 17.9 Å². The summed E-state index contributed by atoms with van der Waals surface area (Å²) in [5.41, 5.74) is 5.51. The molecule has 220 valence electrons. The Kier molecular flexibility index (Phi) is 7.42. The van der Waals surface area contributed by atoms with Crippen molar-refractivity contribution in [3.05, 3.63) is 66.0 Å². The third kappa shape index (κ3) is 5.01. The summed E-state index contributed by atoms with van der Waals surface area (Å²) in [6, 6.07) is 12.8. The Morgan fingerprint density at radius 2 is 1.79 bits per heavy atom. The van der Waals surface area contributed by atoms with Gasteiger partial charge in [-0.05, 0) is 69.7 Å². The van der Waals surface area contributed by atoms with E-state index < -0.39 is 15.2 Å². The number of aryl methyl sites for hydroxylation is 2. The van der Waals surface area contributed by atoms with E-state index in [1.807, 2.05) is 55.1 Å². The Hall–Kier alpha value is -3.93. The molecule has 0 aliphatic carbocycles. The predicted molar refractivity (Wildman–Crippen MR) is 164 cm³/mol. The molecule has 1 aromatic carbocycles. The van der Waals surface area contributed by atoms with Gasteiger partial charge in [-0.25, -0.2) is 18.4 Å². The number of methoxy groups -OCH3 is 2. The van der Waals surface area contributed by atoms with Gasteiger partial charge in [-0.15, -0.1) is 0 Å². The summed E-state index contributed by atoms with van der Waals surface area (Å²) in [7, 11) is 3.39. The molecule has 1 atom stereocenters. The second-order valence-corrected chi connectivity index (χ2v) is 13.1. The Labute approximate surface area is 245 Å². The maximum absolute atomic E-state index is 14.3. The molecule has 1 aliphatic rings. The Bertz CT molecular complexity index is 1850. The van der Waals surface area contributed by atoms with Crippen molar-refractivity contribution >= 4 is 31.9 Å². The van der Waals surface area contributed by atoms with Crippen LogP contribution >= 0.6 is 0 Å². The fourth-order valence-corrected chi connectivity index (χ4v) is 7.47. The molecule has 0 radical (unpaired) electrons. The van der Waals surface area contributed by atoms with Crippen LogP contribution in [0.3, 0.4) is 0 Å². The van der Waals surface area contributed by atoms with Crippen LogP contribution in [-0.4, -0.2) is 73.2 Å². The number of hydrogen-bond acceptors (Lipinski definition) is 8. The fourth-order valence-electron chi connectivity index (χ4n) is 5.77. The molecule has 1 saturated heterocycles. The van der Waals surface area contributed by atoms with Gasteiger partial charge in [-0.2, -0.15) is 0 Å². The van der Waals surface area contributed by atoms with E-state index in [-0.39, 0.29) is 6.04 Å². The van der Waals surface area contributed by atoms with Crippen LogP contribution in [0.4, 0.5) is 0 Å². The second-order valence-electron chi connectivity index (χ2n) is 11.0. The lowest BCUT2D eigenvalue weighted by Crippen LogP contribution is -2.44. The molecule has 0 spiro atoms. The number of nitrogens with one attached hydrogen (secondary N) is 2. The van der Waals surface area contributed by atoms with E-state index in [1.54, 1.807) is 32.5 Å². The number of rotatable bonds is 8. The zero-order valence-corrected chi connectivity index (χ0v) is 25.3. The first-order valence-electron chi connectivity index (χ1n) is 14.0. The van der Waals surface area contributed by atoms with E-state index in [0.29, 0.717) is 27.7 Å². The van der Waals surface area contributed by atoms with E-state index in [4.69, 9.17) is 14.5 Å². The van der Waals surface area contributed by atoms with Gasteiger partial charge in [-0.1, -0.05) is 17.7 Å². The van der Waals surface area contributed by atoms with Crippen LogP contribution in [0.2, 0.25) is 0 Å². The van der Waals surface area contributed by atoms with E-state index >= 15 is 0 Å². The lowest BCUT2D eigenvalue weighted by atomic mass is 10.0. The van der Waals surface area contributed by atoms with Crippen LogP contribution < -0.4 is 14.8 Å². The summed E-state index contributed by atoms with van der Waals surface area (Å²) >= 11 is 0. The number of ether oxygens (including phenoxy) is 2. The summed E-state index contributed by atoms with van der Waals surface area (Å²) < 4.78 is 41.5. The van der Waals surface area contributed by atoms with Crippen LogP contribution in [-0.2, 0) is 16.9 Å². The maximum atomic E-state index is 14.3. The number of aromatic amines is 1. The van der Waals surface area contributed by atoms with Crippen molar-refractivity contribution in [1.29, 1.82) is 0 Å². The smallest absolute Gasteiger partial charge is 0.257 e. The van der Waals surface area contributed by atoms with Gasteiger partial charge in [0.1, 0.15) is 16.5 Å². The largest absolute Gasteiger partial charge is 0.491 e. The molecule has 42 heavy (non-hydrogen) atoms. The lowest BCUT2D eigenvalue weighted by Gasteiger charge is -2.32. The number of pyridine rings is 2. The summed E-state index contributed by atoms with van der Waals surface area (Å²) in [6.07, 6.45) is 5.39. The molecular weight excluding hydrogens is 552 g/mol. The Balaban J connectivity index is 1.49. The number of fused-ring (bicyclic) bond motifs is 2. The molecule has 11 heteroatoms. The average molecular weight is 589 g/mol. The minimum Gasteiger partial charge on any atom is -0.491 e. The third-order valence-electron chi connectivity index (χ3n) is 8.21. The van der Waals surface area contributed by atoms with Crippen LogP contribution in [0.1, 0.15) is 29.3 Å². The number of hydrogen-bond donors (Lipinski definition) is 2. The van der Waals surface area contributed by atoms with Crippen molar-refractivity contribution in [3.63, 3.8) is 0 Å². The maximum Gasteiger partial charge on any atom is 0.257 e. The third-order valence-corrected chi connectivity index (χ3v) is 10.1. The highest BCUT2D eigenvalue weighted by molar-refractivity contribution is 7.91. The van der Waals surface area contributed by atoms with E-state index in [9.17, 15) is 8.42 Å². The Morgan fingerprint density at radius 3 is 2.48 bits per heavy atom. The molecule has 0 saturated carbocycles. The second kappa shape index (κ2) is 11.0. The van der Waals surface area contributed by atoms with Crippen molar-refractivity contribution in [2.75, 3.05) is 34.4 Å². The molecule has 1 fully saturated rings. The van der Waals surface area contributed by atoms with E-state index in [2.05, 4.69) is 27.2 Å². The van der Waals surface area contributed by atoms with Crippen LogP contribution in [0.25, 0.3) is 33.3 Å². The number of aromatic nitrogens is 4. The molecule has 1 aliphatic heterocycles. The van der Waals surface area contributed by atoms with Gasteiger partial charge in [0, 0.05) is 42.5 Å². The predicted octanol–water partition coefficient (Wildman–Crippen LogP) is 4.60. The van der Waals surface area contributed by atoms with E-state index in [0.717, 1.165) is 59.2 Å². The first kappa shape index (κ1) is 28.2. The highest BCUT2D eigenvalue weighted by Gasteiger charge is 2.34. The molecule has 1 unspecified atom stereocenters. The number of nitrogens with zero attached hydrogens (tertiary/aromatic N) is 4. The molecule has 6 rings (SSSR count). The van der Waals surface area contributed by atoms with Gasteiger partial charge >= 0.3 is 0 Å². The van der Waals surface area contributed by atoms with Gasteiger partial charge in [0.25, 0.3) is 5.88 Å². The van der Waals surface area contributed by atoms with Gasteiger partial charge in [0.05, 0.1) is 30.3 Å². The normalized spacial score (nSPS) is 15.8. The van der Waals surface area contributed by atoms with Gasteiger partial charge in [0.15, 0.2) is 15.6 Å². The minimum absolute atomic E-state index is 0.0674. The van der Waals surface area contributed by atoms with Crippen molar-refractivity contribution in [1.82, 2.24) is 29.7 Å². The topological polar surface area (TPSA) is 114 Å². The fraction of sp³-hybridized carbons (Fsp3) is 0.355. The van der Waals surface area contributed by atoms with Gasteiger partial charge < -0.3 is 23.9 Å². The first-order chi connectivity index (χ1) is 20.2. The Morgan fingerprint density at radius 1 is 1.05 bits per heavy atom. The molecule has 4 aromatic heterocycles. The van der Waals surface area contributed by atoms with Crippen LogP contribution in [0.5, 0.6) is 11.6 Å². The average Bonchev–Trinajstić information content (AvgIpc) is 3.57. The van der Waals surface area contributed by atoms with Crippen LogP contribution in [0.15, 0.2) is 59.8 Å². The minimum atomic E-state index is -3.79. The van der Waals surface area contributed by atoms with Gasteiger partial charge in [0.2, 0.25) is 0 Å². The SMILES string of the molecule is COc1cc2c(nc1OC)c(-c1cc3c(C(NC4CCN(C)CC4)S(=O)(=O)c4ccc(C)cc4)ccnc3[nH]1)cn2C. The van der Waals surface area contributed by atoms with Crippen molar-refractivity contribution in [3.8, 4) is 22.9 Å². The van der Waals surface area contributed by atoms with Gasteiger partial charge in [-0.3, -0.25) is 5.32 Å². The first-order valence-corrected chi connectivity index (χ1v) is 15.6. The number of likely N-dealkylation sites (tertiary alicyclic amines) is 1. The zero-order valence-electron chi connectivity index (χ0n) is 24.5. The molecule has 0 bridgehead atoms. The zero-order chi connectivity index (χ0) is 29.6. The number of piperidine rings is 1. The van der Waals surface area contributed by atoms with Crippen molar-refractivity contribution in [2.45, 2.75) is 36.1 Å². The van der Waals surface area contributed by atoms with Crippen molar-refractivity contribution in [2.24, 2.45) is 7.05 Å². The standard InChI is InChI=1S/C31H36N6O4S/c1-19-6-8-21(9-7-19)42(38,39)31(33-20-11-14-36(2)15-12-20)22-10-13-32-29-23(22)16-25(34-29)24-18-37(3)26-17-27(40-4)30(41-5)35-28(24)26/h6-10,13,16-18,20,31,33H,11-12,14-15H2,1-5H3,(H,32,34). The number of benzene rings is 1. The summed E-state index contributed by atoms with van der Waals surface area (Å²) in [5.74, 6) is 0.932. The van der Waals surface area contributed by atoms with E-state index in [1.165, 1.54) is 0 Å². The molecule has 2 N–H and O–H groups in total. The molecule has 5 aromatic rings. The van der Waals surface area contributed by atoms with Crippen LogP contribution in [0, 0.1) is 6.92 Å².